The van der Waals surface area contributed by atoms with Crippen molar-refractivity contribution in [3.63, 3.8) is 0 Å². The van der Waals surface area contributed by atoms with Gasteiger partial charge in [-0.2, -0.15) is 4.31 Å². The molecule has 0 aromatic carbocycles. The summed E-state index contributed by atoms with van der Waals surface area (Å²) in [6.45, 7) is 1.37. The molecule has 3 rings (SSSR count). The van der Waals surface area contributed by atoms with Gasteiger partial charge in [-0.05, 0) is 38.3 Å². The first-order valence-electron chi connectivity index (χ1n) is 7.85. The molecule has 21 heavy (non-hydrogen) atoms. The number of sulfonamides is 1. The van der Waals surface area contributed by atoms with E-state index in [4.69, 9.17) is 0 Å². The summed E-state index contributed by atoms with van der Waals surface area (Å²) in [6.07, 6.45) is 7.41. The number of hydrogen-bond donors (Lipinski definition) is 1. The van der Waals surface area contributed by atoms with Crippen molar-refractivity contribution in [3.8, 4) is 0 Å². The van der Waals surface area contributed by atoms with Gasteiger partial charge in [0.1, 0.15) is 4.90 Å². The smallest absolute Gasteiger partial charge is 0.244 e. The van der Waals surface area contributed by atoms with Gasteiger partial charge in [-0.15, -0.1) is 0 Å². The van der Waals surface area contributed by atoms with Gasteiger partial charge in [-0.1, -0.05) is 12.8 Å². The maximum Gasteiger partial charge on any atom is 0.244 e. The molecule has 1 saturated heterocycles. The van der Waals surface area contributed by atoms with Crippen LogP contribution < -0.4 is 5.32 Å². The van der Waals surface area contributed by atoms with E-state index in [1.807, 2.05) is 24.7 Å². The van der Waals surface area contributed by atoms with Crippen LogP contribution in [-0.2, 0) is 23.6 Å². The first-order chi connectivity index (χ1) is 10.0. The van der Waals surface area contributed by atoms with Gasteiger partial charge >= 0.3 is 0 Å². The first-order valence-corrected chi connectivity index (χ1v) is 9.29. The summed E-state index contributed by atoms with van der Waals surface area (Å²) in [5.41, 5.74) is 0.996. The fraction of sp³-hybridized carbons (Fsp3) is 0.733. The van der Waals surface area contributed by atoms with Crippen LogP contribution in [0.25, 0.3) is 0 Å². The van der Waals surface area contributed by atoms with E-state index in [0.29, 0.717) is 23.9 Å². The molecule has 2 heterocycles. The number of aromatic nitrogens is 1. The molecule has 0 radical (unpaired) electrons. The summed E-state index contributed by atoms with van der Waals surface area (Å²) in [5.74, 6) is 0.578. The Morgan fingerprint density at radius 3 is 2.81 bits per heavy atom. The quantitative estimate of drug-likeness (QED) is 0.921. The normalized spacial score (nSPS) is 27.0. The number of nitrogens with zero attached hydrogens (tertiary/aromatic N) is 2. The lowest BCUT2D eigenvalue weighted by molar-refractivity contribution is 0.260. The maximum absolute atomic E-state index is 13.0. The number of aryl methyl sites for hydroxylation is 1. The van der Waals surface area contributed by atoms with Gasteiger partial charge in [0, 0.05) is 38.1 Å². The Hall–Kier alpha value is -0.850. The highest BCUT2D eigenvalue weighted by Gasteiger charge is 2.42. The third-order valence-corrected chi connectivity index (χ3v) is 6.90. The van der Waals surface area contributed by atoms with Crippen LogP contribution in [0.15, 0.2) is 17.2 Å². The van der Waals surface area contributed by atoms with Gasteiger partial charge in [0.15, 0.2) is 0 Å². The molecule has 0 bridgehead atoms. The van der Waals surface area contributed by atoms with Crippen LogP contribution in [-0.4, -0.2) is 36.9 Å². The van der Waals surface area contributed by atoms with E-state index in [0.717, 1.165) is 25.0 Å². The Kier molecular flexibility index (Phi) is 4.12. The summed E-state index contributed by atoms with van der Waals surface area (Å²) in [6, 6.07) is 2.04. The number of rotatable bonds is 4. The van der Waals surface area contributed by atoms with Crippen LogP contribution in [0.4, 0.5) is 0 Å². The lowest BCUT2D eigenvalue weighted by atomic mass is 9.86. The molecule has 118 valence electrons. The van der Waals surface area contributed by atoms with Crippen LogP contribution in [0.3, 0.4) is 0 Å². The molecule has 1 aliphatic carbocycles. The van der Waals surface area contributed by atoms with Crippen LogP contribution in [0.2, 0.25) is 0 Å². The van der Waals surface area contributed by atoms with Gasteiger partial charge in [0.25, 0.3) is 0 Å². The Bertz CT molecular complexity index is 608. The van der Waals surface area contributed by atoms with Crippen molar-refractivity contribution in [1.82, 2.24) is 14.2 Å². The van der Waals surface area contributed by atoms with Crippen molar-refractivity contribution in [2.75, 3.05) is 13.6 Å². The number of fused-ring (bicyclic) bond motifs is 1. The van der Waals surface area contributed by atoms with Crippen molar-refractivity contribution in [3.05, 3.63) is 18.0 Å². The Morgan fingerprint density at radius 2 is 2.05 bits per heavy atom. The van der Waals surface area contributed by atoms with Crippen LogP contribution in [0.5, 0.6) is 0 Å². The van der Waals surface area contributed by atoms with Gasteiger partial charge in [-0.25, -0.2) is 8.42 Å². The highest BCUT2D eigenvalue weighted by Crippen LogP contribution is 2.39. The van der Waals surface area contributed by atoms with E-state index in [2.05, 4.69) is 5.32 Å². The number of hydrogen-bond acceptors (Lipinski definition) is 3. The first kappa shape index (κ1) is 15.1. The molecule has 0 amide bonds. The van der Waals surface area contributed by atoms with Crippen molar-refractivity contribution in [1.29, 1.82) is 0 Å². The molecule has 2 unspecified atom stereocenters. The van der Waals surface area contributed by atoms with Crippen LogP contribution in [0.1, 0.15) is 37.8 Å². The third kappa shape index (κ3) is 2.64. The summed E-state index contributed by atoms with van der Waals surface area (Å²) in [5, 5.41) is 3.08. The Morgan fingerprint density at radius 1 is 1.29 bits per heavy atom. The number of nitrogens with one attached hydrogen (secondary N) is 1. The molecule has 1 N–H and O–H groups in total. The van der Waals surface area contributed by atoms with E-state index >= 15 is 0 Å². The lowest BCUT2D eigenvalue weighted by Crippen LogP contribution is -2.39. The predicted molar refractivity (Wildman–Crippen MR) is 82.4 cm³/mol. The summed E-state index contributed by atoms with van der Waals surface area (Å²) in [4.78, 5) is 0.446. The molecule has 0 spiro atoms. The topological polar surface area (TPSA) is 54.3 Å². The Labute approximate surface area is 127 Å². The fourth-order valence-corrected chi connectivity index (χ4v) is 5.70. The highest BCUT2D eigenvalue weighted by atomic mass is 32.2. The average molecular weight is 311 g/mol. The molecule has 1 aromatic rings. The van der Waals surface area contributed by atoms with Gasteiger partial charge in [-0.3, -0.25) is 0 Å². The molecule has 2 fully saturated rings. The van der Waals surface area contributed by atoms with E-state index in [1.165, 1.54) is 12.8 Å². The zero-order chi connectivity index (χ0) is 15.0. The molecule has 2 atom stereocenters. The second-order valence-corrected chi connectivity index (χ2v) is 8.22. The monoisotopic (exact) mass is 311 g/mol. The van der Waals surface area contributed by atoms with Crippen molar-refractivity contribution in [2.45, 2.75) is 49.6 Å². The van der Waals surface area contributed by atoms with E-state index in [-0.39, 0.29) is 6.04 Å². The molecule has 1 aliphatic heterocycles. The maximum atomic E-state index is 13.0. The second kappa shape index (κ2) is 5.74. The van der Waals surface area contributed by atoms with Gasteiger partial charge in [0.05, 0.1) is 0 Å². The summed E-state index contributed by atoms with van der Waals surface area (Å²) in [7, 11) is 0.427. The predicted octanol–water partition coefficient (Wildman–Crippen LogP) is 1.70. The molecule has 1 saturated carbocycles. The minimum Gasteiger partial charge on any atom is -0.352 e. The molecule has 1 aromatic heterocycles. The van der Waals surface area contributed by atoms with Gasteiger partial charge in [0.2, 0.25) is 10.0 Å². The van der Waals surface area contributed by atoms with Crippen LogP contribution >= 0.6 is 0 Å². The van der Waals surface area contributed by atoms with Crippen molar-refractivity contribution in [2.24, 2.45) is 13.0 Å². The van der Waals surface area contributed by atoms with E-state index in [9.17, 15) is 8.42 Å². The minimum absolute atomic E-state index is 0.233. The van der Waals surface area contributed by atoms with E-state index < -0.39 is 10.0 Å². The zero-order valence-electron chi connectivity index (χ0n) is 12.9. The third-order valence-electron chi connectivity index (χ3n) is 5.01. The lowest BCUT2D eigenvalue weighted by Gasteiger charge is -2.30. The zero-order valence-corrected chi connectivity index (χ0v) is 13.7. The second-order valence-electron chi connectivity index (χ2n) is 6.32. The standard InChI is InChI=1S/C15H25N3O2S/c1-16-10-13-9-14(11-17(13)2)21(19,20)18-8-7-12-5-3-4-6-15(12)18/h9,11-12,15-16H,3-8,10H2,1-2H3. The van der Waals surface area contributed by atoms with Crippen molar-refractivity contribution >= 4 is 10.0 Å². The van der Waals surface area contributed by atoms with Crippen LogP contribution in [0, 0.1) is 5.92 Å². The molecule has 5 nitrogen and oxygen atoms in total. The summed E-state index contributed by atoms with van der Waals surface area (Å²) < 4.78 is 29.6. The summed E-state index contributed by atoms with van der Waals surface area (Å²) >= 11 is 0. The molecular formula is C15H25N3O2S. The largest absolute Gasteiger partial charge is 0.352 e. The SMILES string of the molecule is CNCc1cc(S(=O)(=O)N2CCC3CCCCC32)cn1C. The minimum atomic E-state index is -3.34. The molecule has 2 aliphatic rings. The fourth-order valence-electron chi connectivity index (χ4n) is 3.87. The van der Waals surface area contributed by atoms with Crippen molar-refractivity contribution < 1.29 is 8.42 Å². The average Bonchev–Trinajstić information content (AvgIpc) is 3.04. The Balaban J connectivity index is 1.88. The van der Waals surface area contributed by atoms with E-state index in [1.54, 1.807) is 10.5 Å². The molecular weight excluding hydrogens is 286 g/mol. The highest BCUT2D eigenvalue weighted by molar-refractivity contribution is 7.89. The van der Waals surface area contributed by atoms with Gasteiger partial charge < -0.3 is 9.88 Å². The molecule has 6 heteroatoms.